The fourth-order valence-corrected chi connectivity index (χ4v) is 2.23. The first-order valence-electron chi connectivity index (χ1n) is 6.67. The maximum atomic E-state index is 13.5. The number of carbonyl (C=O) groups excluding carboxylic acids is 3. The molecule has 2 N–H and O–H groups in total. The Balaban J connectivity index is 2.47. The van der Waals surface area contributed by atoms with Crippen molar-refractivity contribution < 1.29 is 36.7 Å². The molecule has 12 heteroatoms. The third-order valence-corrected chi connectivity index (χ3v) is 3.46. The number of anilines is 1. The summed E-state index contributed by atoms with van der Waals surface area (Å²) in [5.74, 6) is -2.75. The molecule has 1 heterocycles. The Morgan fingerprint density at radius 3 is 2.56 bits per heavy atom. The van der Waals surface area contributed by atoms with Crippen molar-refractivity contribution in [2.75, 3.05) is 11.5 Å². The Kier molecular flexibility index (Phi) is 4.80. The summed E-state index contributed by atoms with van der Waals surface area (Å²) < 4.78 is 57.9. The molecule has 25 heavy (non-hydrogen) atoms. The first-order valence-corrected chi connectivity index (χ1v) is 7.04. The van der Waals surface area contributed by atoms with Crippen molar-refractivity contribution in [2.24, 2.45) is 0 Å². The van der Waals surface area contributed by atoms with Gasteiger partial charge in [-0.15, -0.1) is 0 Å². The van der Waals surface area contributed by atoms with Gasteiger partial charge in [0, 0.05) is 0 Å². The molecule has 0 saturated carbocycles. The fourth-order valence-electron chi connectivity index (χ4n) is 2.06. The molecule has 136 valence electrons. The van der Waals surface area contributed by atoms with Gasteiger partial charge in [-0.05, 0) is 25.1 Å². The highest BCUT2D eigenvalue weighted by atomic mass is 35.5. The smallest absolute Gasteiger partial charge is 0.440 e. The summed E-state index contributed by atoms with van der Waals surface area (Å²) in [5, 5.41) is 2.20. The molecular weight excluding hydrogens is 374 g/mol. The second-order valence-corrected chi connectivity index (χ2v) is 5.17. The Hall–Kier alpha value is -2.56. The molecule has 1 aliphatic rings. The van der Waals surface area contributed by atoms with Crippen molar-refractivity contribution >= 4 is 35.3 Å². The molecule has 4 amide bonds. The summed E-state index contributed by atoms with van der Waals surface area (Å²) in [6.07, 6.45) is -6.95. The zero-order valence-electron chi connectivity index (χ0n) is 12.4. The lowest BCUT2D eigenvalue weighted by Crippen LogP contribution is -2.69. The molecule has 1 aromatic rings. The van der Waals surface area contributed by atoms with E-state index >= 15 is 0 Å². The van der Waals surface area contributed by atoms with Crippen LogP contribution >= 0.6 is 11.6 Å². The number of carbonyl (C=O) groups is 3. The Bertz CT molecular complexity index is 742. The van der Waals surface area contributed by atoms with Gasteiger partial charge in [-0.3, -0.25) is 15.4 Å². The molecule has 1 aromatic carbocycles. The molecule has 0 aromatic heterocycles. The molecule has 0 spiro atoms. The number of nitrogens with zero attached hydrogens (tertiary/aromatic N) is 1. The number of amides is 4. The van der Waals surface area contributed by atoms with Crippen molar-refractivity contribution in [1.29, 1.82) is 0 Å². The van der Waals surface area contributed by atoms with Crippen LogP contribution in [0.5, 0.6) is 0 Å². The number of rotatable bonds is 3. The highest BCUT2D eigenvalue weighted by molar-refractivity contribution is 6.31. The van der Waals surface area contributed by atoms with Crippen molar-refractivity contribution in [1.82, 2.24) is 10.6 Å². The SMILES string of the molecule is CCOC(=O)NC1(C(F)(F)F)NC(=O)N(c2ccc(F)c(Cl)c2)C1=O. The average Bonchev–Trinajstić information content (AvgIpc) is 2.74. The van der Waals surface area contributed by atoms with Gasteiger partial charge in [0.1, 0.15) is 5.82 Å². The molecule has 0 bridgehead atoms. The summed E-state index contributed by atoms with van der Waals surface area (Å²) in [4.78, 5) is 35.8. The van der Waals surface area contributed by atoms with E-state index in [2.05, 4.69) is 4.74 Å². The largest absolute Gasteiger partial charge is 0.450 e. The van der Waals surface area contributed by atoms with Crippen molar-refractivity contribution in [3.05, 3.63) is 29.0 Å². The molecule has 1 atom stereocenters. The number of hydrogen-bond acceptors (Lipinski definition) is 4. The van der Waals surface area contributed by atoms with Crippen LogP contribution in [0.3, 0.4) is 0 Å². The first-order chi connectivity index (χ1) is 11.5. The maximum absolute atomic E-state index is 13.5. The van der Waals surface area contributed by atoms with Gasteiger partial charge in [0.15, 0.2) is 0 Å². The fraction of sp³-hybridized carbons (Fsp3) is 0.308. The normalized spacial score (nSPS) is 20.5. The van der Waals surface area contributed by atoms with Crippen molar-refractivity contribution in [3.63, 3.8) is 0 Å². The van der Waals surface area contributed by atoms with E-state index in [-0.39, 0.29) is 11.5 Å². The van der Waals surface area contributed by atoms with Crippen LogP contribution in [0.1, 0.15) is 6.92 Å². The van der Waals surface area contributed by atoms with Crippen LogP contribution < -0.4 is 15.5 Å². The molecule has 1 fully saturated rings. The van der Waals surface area contributed by atoms with E-state index in [0.29, 0.717) is 0 Å². The third kappa shape index (κ3) is 3.18. The zero-order valence-corrected chi connectivity index (χ0v) is 13.2. The number of urea groups is 1. The highest BCUT2D eigenvalue weighted by Gasteiger charge is 2.69. The van der Waals surface area contributed by atoms with E-state index in [4.69, 9.17) is 11.6 Å². The van der Waals surface area contributed by atoms with Gasteiger partial charge in [0.2, 0.25) is 0 Å². The van der Waals surface area contributed by atoms with E-state index in [1.54, 1.807) is 0 Å². The third-order valence-electron chi connectivity index (χ3n) is 3.17. The van der Waals surface area contributed by atoms with Gasteiger partial charge >= 0.3 is 18.3 Å². The lowest BCUT2D eigenvalue weighted by molar-refractivity contribution is -0.197. The maximum Gasteiger partial charge on any atom is 0.440 e. The Morgan fingerprint density at radius 1 is 1.40 bits per heavy atom. The van der Waals surface area contributed by atoms with E-state index in [9.17, 15) is 31.9 Å². The van der Waals surface area contributed by atoms with E-state index in [1.165, 1.54) is 17.6 Å². The molecule has 1 unspecified atom stereocenters. The minimum atomic E-state index is -5.38. The average molecular weight is 384 g/mol. The predicted octanol–water partition coefficient (Wildman–Crippen LogP) is 2.54. The van der Waals surface area contributed by atoms with E-state index < -0.39 is 46.4 Å². The number of alkyl carbamates (subject to hydrolysis) is 1. The van der Waals surface area contributed by atoms with E-state index in [1.807, 2.05) is 0 Å². The quantitative estimate of drug-likeness (QED) is 0.620. The molecule has 7 nitrogen and oxygen atoms in total. The number of alkyl halides is 3. The molecule has 0 aliphatic carbocycles. The van der Waals surface area contributed by atoms with Crippen LogP contribution in [0.25, 0.3) is 0 Å². The van der Waals surface area contributed by atoms with Gasteiger partial charge in [0.05, 0.1) is 17.3 Å². The van der Waals surface area contributed by atoms with Gasteiger partial charge in [-0.2, -0.15) is 13.2 Å². The number of benzene rings is 1. The lowest BCUT2D eigenvalue weighted by atomic mass is 10.1. The topological polar surface area (TPSA) is 87.7 Å². The number of nitrogens with one attached hydrogen (secondary N) is 2. The second kappa shape index (κ2) is 6.39. The molecular formula is C13H10ClF4N3O4. The lowest BCUT2D eigenvalue weighted by Gasteiger charge is -2.29. The minimum Gasteiger partial charge on any atom is -0.450 e. The van der Waals surface area contributed by atoms with Crippen molar-refractivity contribution in [3.8, 4) is 0 Å². The standard InChI is InChI=1S/C13H10ClF4N3O4/c1-2-25-11(24)20-12(13(16,17)18)9(22)21(10(23)19-12)6-3-4-8(15)7(14)5-6/h3-5H,2H2,1H3,(H,19,23)(H,20,24). The summed E-state index contributed by atoms with van der Waals surface area (Å²) in [6, 6.07) is 0.965. The van der Waals surface area contributed by atoms with Crippen LogP contribution in [-0.2, 0) is 9.53 Å². The van der Waals surface area contributed by atoms with E-state index in [0.717, 1.165) is 18.2 Å². The second-order valence-electron chi connectivity index (χ2n) is 4.76. The molecule has 1 aliphatic heterocycles. The summed E-state index contributed by atoms with van der Waals surface area (Å²) in [6.45, 7) is 1.07. The number of imide groups is 1. The predicted molar refractivity (Wildman–Crippen MR) is 76.4 cm³/mol. The number of hydrogen-bond donors (Lipinski definition) is 2. The van der Waals surface area contributed by atoms with Gasteiger partial charge in [-0.25, -0.2) is 18.9 Å². The van der Waals surface area contributed by atoms with Gasteiger partial charge < -0.3 is 4.74 Å². The molecule has 0 radical (unpaired) electrons. The summed E-state index contributed by atoms with van der Waals surface area (Å²) in [7, 11) is 0. The van der Waals surface area contributed by atoms with Crippen LogP contribution in [0, 0.1) is 5.82 Å². The molecule has 2 rings (SSSR count). The van der Waals surface area contributed by atoms with Crippen LogP contribution in [0.4, 0.5) is 32.8 Å². The number of halogens is 5. The zero-order chi connectivity index (χ0) is 19.0. The van der Waals surface area contributed by atoms with Crippen LogP contribution in [0.15, 0.2) is 18.2 Å². The Morgan fingerprint density at radius 2 is 2.04 bits per heavy atom. The van der Waals surface area contributed by atoms with Crippen molar-refractivity contribution in [2.45, 2.75) is 18.8 Å². The molecule has 1 saturated heterocycles. The van der Waals surface area contributed by atoms with Crippen LogP contribution in [0.2, 0.25) is 5.02 Å². The number of ether oxygens (including phenoxy) is 1. The van der Waals surface area contributed by atoms with Gasteiger partial charge in [0.25, 0.3) is 11.6 Å². The monoisotopic (exact) mass is 383 g/mol. The Labute approximate surface area is 142 Å². The van der Waals surface area contributed by atoms with Gasteiger partial charge in [-0.1, -0.05) is 11.6 Å². The van der Waals surface area contributed by atoms with Crippen LogP contribution in [-0.4, -0.2) is 36.5 Å². The summed E-state index contributed by atoms with van der Waals surface area (Å²) >= 11 is 5.52. The summed E-state index contributed by atoms with van der Waals surface area (Å²) in [5.41, 5.74) is -4.14. The minimum absolute atomic E-state index is 0.0883. The highest BCUT2D eigenvalue weighted by Crippen LogP contribution is 2.36. The first kappa shape index (κ1) is 18.8.